The lowest BCUT2D eigenvalue weighted by atomic mass is 9.82. The van der Waals surface area contributed by atoms with Gasteiger partial charge in [0.25, 0.3) is 0 Å². The Labute approximate surface area is 407 Å². The summed E-state index contributed by atoms with van der Waals surface area (Å²) in [5.41, 5.74) is 11.9. The molecule has 10 rings (SSSR count). The van der Waals surface area contributed by atoms with Crippen LogP contribution in [0.3, 0.4) is 0 Å². The fourth-order valence-electron chi connectivity index (χ4n) is 11.4. The van der Waals surface area contributed by atoms with Gasteiger partial charge in [0.05, 0.1) is 22.8 Å². The molecule has 1 aliphatic carbocycles. The second-order valence-electron chi connectivity index (χ2n) is 19.3. The van der Waals surface area contributed by atoms with Crippen LogP contribution in [0.1, 0.15) is 114 Å². The maximum Gasteiger partial charge on any atom is 0.159 e. The molecule has 0 radical (unpaired) electrons. The van der Waals surface area contributed by atoms with Crippen LogP contribution in [0.15, 0.2) is 154 Å². The molecule has 2 aromatic heterocycles. The van der Waals surface area contributed by atoms with Crippen molar-refractivity contribution in [2.75, 3.05) is 16.8 Å². The van der Waals surface area contributed by atoms with Crippen molar-refractivity contribution < 1.29 is 13.9 Å². The fourth-order valence-corrected chi connectivity index (χ4v) is 11.4. The number of nitrogens with zero attached hydrogens (tertiary/aromatic N) is 2. The number of hydrogen-bond acceptors (Lipinski definition) is 5. The van der Waals surface area contributed by atoms with Gasteiger partial charge in [-0.15, -0.1) is 0 Å². The van der Waals surface area contributed by atoms with Crippen LogP contribution < -0.4 is 15.0 Å². The smallest absolute Gasteiger partial charge is 0.159 e. The number of aromatic hydroxyl groups is 1. The Morgan fingerprint density at radius 1 is 0.681 bits per heavy atom. The number of fused-ring (bicyclic) bond motifs is 4. The van der Waals surface area contributed by atoms with Crippen molar-refractivity contribution in [3.63, 3.8) is 0 Å². The number of phenolic OH excluding ortho intramolecular Hbond substituents is 1. The number of hydrogen-bond donors (Lipinski definition) is 1. The molecule has 1 saturated carbocycles. The first-order chi connectivity index (χ1) is 33.8. The number of aryl methyl sites for hydroxylation is 2. The summed E-state index contributed by atoms with van der Waals surface area (Å²) in [6.45, 7) is 12.9. The van der Waals surface area contributed by atoms with Crippen LogP contribution in [0.2, 0.25) is 0 Å². The molecule has 0 spiro atoms. The quantitative estimate of drug-likeness (QED) is 0.110. The summed E-state index contributed by atoms with van der Waals surface area (Å²) in [5, 5.41) is 21.2. The zero-order valence-electron chi connectivity index (χ0n) is 41.5. The average molecular weight is 911 g/mol. The maximum atomic E-state index is 12.1. The minimum absolute atomic E-state index is 0.233. The number of allylic oxidation sites excluding steroid dienone is 5. The monoisotopic (exact) mass is 911 g/mol. The highest BCUT2D eigenvalue weighted by molar-refractivity contribution is 6.18. The highest BCUT2D eigenvalue weighted by Crippen LogP contribution is 2.47. The molecule has 0 saturated heterocycles. The lowest BCUT2D eigenvalue weighted by Crippen LogP contribution is -2.23. The van der Waals surface area contributed by atoms with Gasteiger partial charge in [0, 0.05) is 39.5 Å². The van der Waals surface area contributed by atoms with Gasteiger partial charge in [-0.1, -0.05) is 155 Å². The van der Waals surface area contributed by atoms with Crippen molar-refractivity contribution in [1.82, 2.24) is 0 Å². The summed E-state index contributed by atoms with van der Waals surface area (Å²) in [7, 11) is 2.17. The molecule has 1 atom stereocenters. The van der Waals surface area contributed by atoms with Crippen molar-refractivity contribution in [2.45, 2.75) is 105 Å². The summed E-state index contributed by atoms with van der Waals surface area (Å²) in [5.74, 6) is 2.05. The summed E-state index contributed by atoms with van der Waals surface area (Å²) in [6, 6.07) is 41.5. The second kappa shape index (κ2) is 19.6. The van der Waals surface area contributed by atoms with Gasteiger partial charge >= 0.3 is 0 Å². The largest absolute Gasteiger partial charge is 0.505 e. The molecule has 1 aliphatic rings. The van der Waals surface area contributed by atoms with Crippen LogP contribution in [0.5, 0.6) is 5.75 Å². The number of anilines is 4. The van der Waals surface area contributed by atoms with E-state index in [0.717, 1.165) is 90.4 Å². The van der Waals surface area contributed by atoms with E-state index in [0.29, 0.717) is 17.5 Å². The first-order valence-electron chi connectivity index (χ1n) is 25.5. The summed E-state index contributed by atoms with van der Waals surface area (Å²) in [4.78, 5) is 4.53. The lowest BCUT2D eigenvalue weighted by molar-refractivity contribution is 0.422. The number of furan rings is 2. The molecule has 350 valence electrons. The zero-order chi connectivity index (χ0) is 47.8. The van der Waals surface area contributed by atoms with Gasteiger partial charge in [0.15, 0.2) is 11.2 Å². The van der Waals surface area contributed by atoms with Crippen molar-refractivity contribution in [3.05, 3.63) is 173 Å². The third kappa shape index (κ3) is 8.20. The van der Waals surface area contributed by atoms with Crippen LogP contribution in [0, 0.1) is 19.8 Å². The molecule has 1 N–H and O–H groups in total. The molecule has 0 bridgehead atoms. The second-order valence-corrected chi connectivity index (χ2v) is 19.3. The van der Waals surface area contributed by atoms with Crippen LogP contribution in [-0.4, -0.2) is 12.2 Å². The first kappa shape index (κ1) is 45.8. The molecule has 5 heteroatoms. The molecule has 7 aromatic carbocycles. The highest BCUT2D eigenvalue weighted by atomic mass is 16.3. The minimum atomic E-state index is 0.233. The number of phenols is 1. The Balaban J connectivity index is 1.19. The highest BCUT2D eigenvalue weighted by Gasteiger charge is 2.27. The Hall–Kier alpha value is -6.98. The zero-order valence-corrected chi connectivity index (χ0v) is 41.5. The minimum Gasteiger partial charge on any atom is -0.505 e. The van der Waals surface area contributed by atoms with Crippen molar-refractivity contribution in [3.8, 4) is 5.75 Å². The Morgan fingerprint density at radius 3 is 2.20 bits per heavy atom. The molecular weight excluding hydrogens is 845 g/mol. The maximum absolute atomic E-state index is 12.1. The number of rotatable bonds is 14. The molecular formula is C64H66N2O3. The van der Waals surface area contributed by atoms with E-state index >= 15 is 0 Å². The van der Waals surface area contributed by atoms with E-state index in [1.807, 2.05) is 25.1 Å². The van der Waals surface area contributed by atoms with Crippen LogP contribution >= 0.6 is 0 Å². The van der Waals surface area contributed by atoms with Gasteiger partial charge in [0.1, 0.15) is 17.1 Å². The number of para-hydroxylation sites is 4. The number of unbranched alkanes of at least 4 members (excludes halogenated alkanes) is 1. The van der Waals surface area contributed by atoms with E-state index in [9.17, 15) is 5.11 Å². The summed E-state index contributed by atoms with van der Waals surface area (Å²) in [6.07, 6.45) is 21.5. The van der Waals surface area contributed by atoms with Crippen LogP contribution in [0.4, 0.5) is 22.7 Å². The Kier molecular flexibility index (Phi) is 13.0. The standard InChI is InChI=1S/C64H66N2O3/c1-8-12-23-43(11-4)48-28-19-29-49-50-30-20-32-56(64(50)69-63(48)49)65(7)53-39-36-45-35-38-52(59-41(5)34-37-51(53)60(45)59)54(21-10-3)66(55-31-17-22-42(6)61(55)67)57-33-18-26-46-40-58(68-62(46)57)47(27-13-9-2)44-24-15-14-16-25-44/h9-10,13,17-22,26-40,43-44,67H,8,11-12,14-16,23-25H2,1-7H3/b13-9-,21-10-,47-27-,54-52+. The molecule has 0 aliphatic heterocycles. The molecule has 0 amide bonds. The summed E-state index contributed by atoms with van der Waals surface area (Å²) < 4.78 is 14.1. The van der Waals surface area contributed by atoms with E-state index in [1.165, 1.54) is 77.8 Å². The van der Waals surface area contributed by atoms with Crippen LogP contribution in [0.25, 0.3) is 65.7 Å². The normalized spacial score (nSPS) is 15.0. The van der Waals surface area contributed by atoms with E-state index in [2.05, 4.69) is 179 Å². The molecule has 9 aromatic rings. The van der Waals surface area contributed by atoms with Gasteiger partial charge in [-0.05, 0) is 140 Å². The van der Waals surface area contributed by atoms with E-state index in [-0.39, 0.29) is 5.75 Å². The third-order valence-corrected chi connectivity index (χ3v) is 15.1. The third-order valence-electron chi connectivity index (χ3n) is 15.1. The first-order valence-corrected chi connectivity index (χ1v) is 25.5. The van der Waals surface area contributed by atoms with Gasteiger partial charge < -0.3 is 23.7 Å². The molecule has 1 unspecified atom stereocenters. The SMILES string of the molecule is C/C=C\C=C(/c1cc2cccc(N(C(/C=C\C)=c3\ccc4ccc(N(C)c5cccc6c5oc5c(C(CC)CCCC)cccc56)c5ccc(C)c3c45)c3cccc(C)c3O)c2o1)C1CCCCC1. The van der Waals surface area contributed by atoms with E-state index in [4.69, 9.17) is 8.83 Å². The molecule has 1 fully saturated rings. The van der Waals surface area contributed by atoms with E-state index in [1.54, 1.807) is 0 Å². The van der Waals surface area contributed by atoms with Crippen LogP contribution in [-0.2, 0) is 0 Å². The van der Waals surface area contributed by atoms with Crippen molar-refractivity contribution >= 4 is 88.5 Å². The predicted octanol–water partition coefficient (Wildman–Crippen LogP) is 18.2. The van der Waals surface area contributed by atoms with Gasteiger partial charge in [-0.2, -0.15) is 0 Å². The molecule has 2 heterocycles. The van der Waals surface area contributed by atoms with Gasteiger partial charge in [-0.3, -0.25) is 0 Å². The van der Waals surface area contributed by atoms with E-state index < -0.39 is 0 Å². The molecule has 5 nitrogen and oxygen atoms in total. The summed E-state index contributed by atoms with van der Waals surface area (Å²) >= 11 is 0. The van der Waals surface area contributed by atoms with Gasteiger partial charge in [0.2, 0.25) is 0 Å². The predicted molar refractivity (Wildman–Crippen MR) is 295 cm³/mol. The topological polar surface area (TPSA) is 53.0 Å². The molecule has 69 heavy (non-hydrogen) atoms. The van der Waals surface area contributed by atoms with Crippen molar-refractivity contribution in [2.24, 2.45) is 5.92 Å². The van der Waals surface area contributed by atoms with Gasteiger partial charge in [-0.25, -0.2) is 0 Å². The lowest BCUT2D eigenvalue weighted by Gasteiger charge is -2.28. The Morgan fingerprint density at radius 2 is 1.42 bits per heavy atom. The van der Waals surface area contributed by atoms with Crippen molar-refractivity contribution in [1.29, 1.82) is 0 Å². The number of benzene rings is 7. The fraction of sp³-hybridized carbons (Fsp3) is 0.281. The average Bonchev–Trinajstić information content (AvgIpc) is 3.99. The Bertz CT molecular complexity index is 3500.